The number of nitrogens with zero attached hydrogens (tertiary/aromatic N) is 1. The topological polar surface area (TPSA) is 126 Å². The Balaban J connectivity index is 1.24. The van der Waals surface area contributed by atoms with Crippen molar-refractivity contribution in [3.05, 3.63) is 120 Å². The molecule has 2 heterocycles. The molecule has 1 saturated heterocycles. The largest absolute Gasteiger partial charge is 0.465 e. The van der Waals surface area contributed by atoms with E-state index < -0.39 is 17.1 Å². The molecule has 4 amide bonds. The van der Waals surface area contributed by atoms with Crippen LogP contribution in [0.15, 0.2) is 112 Å². The first-order valence-corrected chi connectivity index (χ1v) is 13.8. The highest BCUT2D eigenvalue weighted by atomic mass is 32.2. The van der Waals surface area contributed by atoms with E-state index >= 15 is 0 Å². The zero-order valence-electron chi connectivity index (χ0n) is 22.4. The minimum atomic E-state index is -0.610. The molecule has 1 atom stereocenters. The van der Waals surface area contributed by atoms with Crippen molar-refractivity contribution in [3.63, 3.8) is 0 Å². The third-order valence-electron chi connectivity index (χ3n) is 6.39. The minimum absolute atomic E-state index is 0.0104. The zero-order valence-corrected chi connectivity index (χ0v) is 23.2. The maximum absolute atomic E-state index is 13.1. The fourth-order valence-corrected chi connectivity index (χ4v) is 5.30. The second kappa shape index (κ2) is 12.5. The molecule has 0 aliphatic carbocycles. The number of rotatable bonds is 9. The Hall–Kier alpha value is -5.22. The van der Waals surface area contributed by atoms with Crippen LogP contribution >= 0.6 is 11.8 Å². The number of furan rings is 1. The van der Waals surface area contributed by atoms with Crippen molar-refractivity contribution in [1.29, 1.82) is 0 Å². The predicted octanol–water partition coefficient (Wildman–Crippen LogP) is 5.32. The average molecular weight is 580 g/mol. The summed E-state index contributed by atoms with van der Waals surface area (Å²) in [6, 6.07) is 25.0. The van der Waals surface area contributed by atoms with Gasteiger partial charge in [0.25, 0.3) is 11.8 Å². The highest BCUT2D eigenvalue weighted by molar-refractivity contribution is 8.00. The number of carbonyl (C=O) groups excluding carboxylic acids is 5. The van der Waals surface area contributed by atoms with Crippen LogP contribution in [-0.2, 0) is 14.4 Å². The van der Waals surface area contributed by atoms with Gasteiger partial charge in [0.15, 0.2) is 5.78 Å². The maximum Gasteiger partial charge on any atom is 0.272 e. The summed E-state index contributed by atoms with van der Waals surface area (Å²) in [5.74, 6) is -1.37. The zero-order chi connectivity index (χ0) is 29.6. The standard InChI is InChI=1S/C32H25N3O6S/c1-20(36)21-9-13-24(14-10-21)35-29(37)19-28(32(35)40)42-26-15-11-23(12-16-26)33-31(39)27(18-25-8-5-17-41-25)34-30(38)22-6-3-2-4-7-22/h2-18,28H,19H2,1H3,(H,33,39)(H,34,38)/b27-18-. The van der Waals surface area contributed by atoms with Gasteiger partial charge >= 0.3 is 0 Å². The van der Waals surface area contributed by atoms with Crippen molar-refractivity contribution in [1.82, 2.24) is 5.32 Å². The molecule has 4 aromatic rings. The summed E-state index contributed by atoms with van der Waals surface area (Å²) < 4.78 is 5.32. The van der Waals surface area contributed by atoms with Crippen LogP contribution in [0, 0.1) is 0 Å². The highest BCUT2D eigenvalue weighted by Crippen LogP contribution is 2.34. The molecule has 210 valence electrons. The molecular formula is C32H25N3O6S. The molecule has 1 aliphatic heterocycles. The van der Waals surface area contributed by atoms with E-state index in [0.29, 0.717) is 28.3 Å². The minimum Gasteiger partial charge on any atom is -0.465 e. The molecule has 0 radical (unpaired) electrons. The first-order valence-electron chi connectivity index (χ1n) is 13.0. The van der Waals surface area contributed by atoms with Crippen LogP contribution in [-0.4, -0.2) is 34.7 Å². The lowest BCUT2D eigenvalue weighted by molar-refractivity contribution is -0.121. The van der Waals surface area contributed by atoms with Crippen molar-refractivity contribution in [2.45, 2.75) is 23.5 Å². The number of hydrogen-bond donors (Lipinski definition) is 2. The van der Waals surface area contributed by atoms with Crippen molar-refractivity contribution < 1.29 is 28.4 Å². The van der Waals surface area contributed by atoms with Crippen LogP contribution in [0.3, 0.4) is 0 Å². The molecular weight excluding hydrogens is 554 g/mol. The average Bonchev–Trinajstić information content (AvgIpc) is 3.61. The van der Waals surface area contributed by atoms with Crippen molar-refractivity contribution in [3.8, 4) is 0 Å². The summed E-state index contributed by atoms with van der Waals surface area (Å²) in [6.07, 6.45) is 2.93. The van der Waals surface area contributed by atoms with Crippen LogP contribution in [0.4, 0.5) is 11.4 Å². The monoisotopic (exact) mass is 579 g/mol. The summed E-state index contributed by atoms with van der Waals surface area (Å²) in [7, 11) is 0. The Morgan fingerprint density at radius 3 is 2.24 bits per heavy atom. The Labute approximate surface area is 245 Å². The van der Waals surface area contributed by atoms with Gasteiger partial charge in [-0.3, -0.25) is 24.0 Å². The van der Waals surface area contributed by atoms with E-state index in [1.807, 2.05) is 0 Å². The Morgan fingerprint density at radius 1 is 0.881 bits per heavy atom. The van der Waals surface area contributed by atoms with Crippen LogP contribution in [0.25, 0.3) is 6.08 Å². The van der Waals surface area contributed by atoms with Crippen molar-refractivity contribution >= 4 is 58.6 Å². The molecule has 9 nitrogen and oxygen atoms in total. The summed E-state index contributed by atoms with van der Waals surface area (Å²) in [6.45, 7) is 1.45. The molecule has 5 rings (SSSR count). The number of ketones is 1. The van der Waals surface area contributed by atoms with Crippen molar-refractivity contribution in [2.24, 2.45) is 0 Å². The smallest absolute Gasteiger partial charge is 0.272 e. The van der Waals surface area contributed by atoms with E-state index in [4.69, 9.17) is 4.42 Å². The fraction of sp³-hybridized carbons (Fsp3) is 0.0938. The number of carbonyl (C=O) groups is 5. The highest BCUT2D eigenvalue weighted by Gasteiger charge is 2.40. The number of benzene rings is 3. The maximum atomic E-state index is 13.1. The number of nitrogens with one attached hydrogen (secondary N) is 2. The number of thioether (sulfide) groups is 1. The van der Waals surface area contributed by atoms with Crippen LogP contribution in [0.2, 0.25) is 0 Å². The number of anilines is 2. The Morgan fingerprint density at radius 2 is 1.60 bits per heavy atom. The van der Waals surface area contributed by atoms with Crippen LogP contribution < -0.4 is 15.5 Å². The van der Waals surface area contributed by atoms with Gasteiger partial charge in [-0.2, -0.15) is 0 Å². The van der Waals surface area contributed by atoms with Crippen LogP contribution in [0.5, 0.6) is 0 Å². The van der Waals surface area contributed by atoms with E-state index in [1.54, 1.807) is 91.0 Å². The van der Waals surface area contributed by atoms with Gasteiger partial charge in [0.2, 0.25) is 11.8 Å². The number of hydrogen-bond acceptors (Lipinski definition) is 7. The van der Waals surface area contributed by atoms with Crippen molar-refractivity contribution in [2.75, 3.05) is 10.2 Å². The molecule has 3 aromatic carbocycles. The number of Topliss-reactive ketones (excluding diaryl/α,β-unsaturated/α-hetero) is 1. The quantitative estimate of drug-likeness (QED) is 0.156. The van der Waals surface area contributed by atoms with Gasteiger partial charge in [-0.25, -0.2) is 4.90 Å². The second-order valence-electron chi connectivity index (χ2n) is 9.35. The summed E-state index contributed by atoms with van der Waals surface area (Å²) >= 11 is 1.25. The van der Waals surface area contributed by atoms with E-state index in [1.165, 1.54) is 31.0 Å². The first-order chi connectivity index (χ1) is 20.3. The molecule has 1 aliphatic rings. The third kappa shape index (κ3) is 6.56. The Bertz CT molecular complexity index is 1660. The van der Waals surface area contributed by atoms with Gasteiger partial charge in [-0.15, -0.1) is 11.8 Å². The van der Waals surface area contributed by atoms with E-state index in [0.717, 1.165) is 9.80 Å². The molecule has 0 spiro atoms. The normalized spacial score (nSPS) is 15.0. The van der Waals surface area contributed by atoms with E-state index in [-0.39, 0.29) is 29.7 Å². The van der Waals surface area contributed by atoms with Gasteiger partial charge in [-0.05, 0) is 79.7 Å². The fourth-order valence-electron chi connectivity index (χ4n) is 4.25. The molecule has 0 saturated carbocycles. The SMILES string of the molecule is CC(=O)c1ccc(N2C(=O)CC(Sc3ccc(NC(=O)/C(=C/c4ccco4)NC(=O)c4ccccc4)cc3)C2=O)cc1. The third-order valence-corrected chi connectivity index (χ3v) is 7.58. The molecule has 42 heavy (non-hydrogen) atoms. The van der Waals surface area contributed by atoms with Gasteiger partial charge in [0.1, 0.15) is 11.5 Å². The predicted molar refractivity (Wildman–Crippen MR) is 159 cm³/mol. The van der Waals surface area contributed by atoms with Crippen LogP contribution in [0.1, 0.15) is 39.8 Å². The summed E-state index contributed by atoms with van der Waals surface area (Å²) in [5.41, 5.74) is 1.77. The lowest BCUT2D eigenvalue weighted by atomic mass is 10.1. The lowest BCUT2D eigenvalue weighted by Crippen LogP contribution is -2.31. The van der Waals surface area contributed by atoms with E-state index in [2.05, 4.69) is 10.6 Å². The lowest BCUT2D eigenvalue weighted by Gasteiger charge is -2.15. The number of amides is 4. The summed E-state index contributed by atoms with van der Waals surface area (Å²) in [4.78, 5) is 65.0. The van der Waals surface area contributed by atoms with Gasteiger partial charge in [0, 0.05) is 34.2 Å². The Kier molecular flexibility index (Phi) is 8.44. The number of imide groups is 1. The van der Waals surface area contributed by atoms with E-state index in [9.17, 15) is 24.0 Å². The molecule has 10 heteroatoms. The molecule has 2 N–H and O–H groups in total. The molecule has 0 bridgehead atoms. The summed E-state index contributed by atoms with van der Waals surface area (Å²) in [5, 5.41) is 4.79. The molecule has 1 aromatic heterocycles. The van der Waals surface area contributed by atoms with Gasteiger partial charge < -0.3 is 15.1 Å². The van der Waals surface area contributed by atoms with Gasteiger partial charge in [0.05, 0.1) is 17.2 Å². The first kappa shape index (κ1) is 28.3. The molecule has 1 fully saturated rings. The molecule has 1 unspecified atom stereocenters. The van der Waals surface area contributed by atoms with Gasteiger partial charge in [-0.1, -0.05) is 18.2 Å². The second-order valence-corrected chi connectivity index (χ2v) is 10.6.